The summed E-state index contributed by atoms with van der Waals surface area (Å²) < 4.78 is 35.6. The number of hydrogen-bond donors (Lipinski definition) is 4. The SMILES string of the molecule is CC(C)C[C@H](N)C(=O)C(O)(C(N)(Cc1ccccc1)C(=O)N1CCC2CC=CC=C2C1)S(=O)(=O)O. The molecule has 0 radical (unpaired) electrons. The average Bonchev–Trinajstić information content (AvgIpc) is 2.81. The van der Waals surface area contributed by atoms with Crippen molar-refractivity contribution in [1.82, 2.24) is 4.90 Å². The van der Waals surface area contributed by atoms with Crippen molar-refractivity contribution in [3.63, 3.8) is 0 Å². The Hall–Kier alpha value is -2.37. The predicted octanol–water partition coefficient (Wildman–Crippen LogP) is 1.18. The summed E-state index contributed by atoms with van der Waals surface area (Å²) in [6.45, 7) is 3.97. The lowest BCUT2D eigenvalue weighted by molar-refractivity contribution is -0.152. The van der Waals surface area contributed by atoms with Crippen LogP contribution in [0.2, 0.25) is 0 Å². The lowest BCUT2D eigenvalue weighted by Gasteiger charge is -2.45. The molecule has 1 aliphatic carbocycles. The van der Waals surface area contributed by atoms with Gasteiger partial charge in [-0.25, -0.2) is 0 Å². The molecule has 10 heteroatoms. The summed E-state index contributed by atoms with van der Waals surface area (Å²) in [5, 5.41) is 11.5. The third-order valence-electron chi connectivity index (χ3n) is 6.88. The van der Waals surface area contributed by atoms with Crippen molar-refractivity contribution in [2.45, 2.75) is 56.0 Å². The van der Waals surface area contributed by atoms with Crippen LogP contribution in [0, 0.1) is 11.8 Å². The first-order valence-electron chi connectivity index (χ1n) is 11.8. The highest BCUT2D eigenvalue weighted by atomic mass is 32.2. The van der Waals surface area contributed by atoms with Crippen molar-refractivity contribution in [1.29, 1.82) is 0 Å². The number of carbonyl (C=O) groups excluding carboxylic acids is 2. The van der Waals surface area contributed by atoms with Gasteiger partial charge in [0.25, 0.3) is 4.93 Å². The summed E-state index contributed by atoms with van der Waals surface area (Å²) in [5.41, 5.74) is 11.1. The van der Waals surface area contributed by atoms with Gasteiger partial charge in [0.1, 0.15) is 0 Å². The Balaban J connectivity index is 2.12. The fourth-order valence-corrected chi connectivity index (χ4v) is 6.00. The Morgan fingerprint density at radius 1 is 1.23 bits per heavy atom. The summed E-state index contributed by atoms with van der Waals surface area (Å²) in [4.78, 5) is 25.1. The number of nitrogens with zero attached hydrogens (tertiary/aromatic N) is 1. The maximum Gasteiger partial charge on any atom is 0.305 e. The lowest BCUT2D eigenvalue weighted by atomic mass is 9.78. The molecule has 1 aromatic carbocycles. The van der Waals surface area contributed by atoms with Crippen molar-refractivity contribution in [2.24, 2.45) is 23.3 Å². The molecule has 0 bridgehead atoms. The van der Waals surface area contributed by atoms with Crippen molar-refractivity contribution in [3.8, 4) is 0 Å². The van der Waals surface area contributed by atoms with Crippen LogP contribution in [-0.2, 0) is 26.1 Å². The first-order chi connectivity index (χ1) is 16.3. The smallest absolute Gasteiger partial charge is 0.305 e. The molecule has 3 rings (SSSR count). The van der Waals surface area contributed by atoms with E-state index < -0.39 is 44.7 Å². The van der Waals surface area contributed by atoms with Crippen LogP contribution in [0.5, 0.6) is 0 Å². The molecule has 1 amide bonds. The highest BCUT2D eigenvalue weighted by Crippen LogP contribution is 2.36. The number of carbonyl (C=O) groups is 2. The van der Waals surface area contributed by atoms with Crippen LogP contribution < -0.4 is 11.5 Å². The third kappa shape index (κ3) is 5.26. The van der Waals surface area contributed by atoms with Crippen LogP contribution in [0.25, 0.3) is 0 Å². The molecular weight excluding hydrogens is 470 g/mol. The second kappa shape index (κ2) is 10.3. The first kappa shape index (κ1) is 27.2. The molecule has 1 fully saturated rings. The topological polar surface area (TPSA) is 164 Å². The molecule has 2 aliphatic rings. The molecule has 1 aromatic rings. The summed E-state index contributed by atoms with van der Waals surface area (Å²) in [7, 11) is -5.60. The number of nitrogens with two attached hydrogens (primary N) is 2. The minimum absolute atomic E-state index is 0.0247. The van der Waals surface area contributed by atoms with Crippen LogP contribution in [-0.4, -0.2) is 64.3 Å². The molecule has 35 heavy (non-hydrogen) atoms. The minimum atomic E-state index is -5.60. The Morgan fingerprint density at radius 2 is 1.89 bits per heavy atom. The standard InChI is InChI=1S/C25H35N3O6S/c1-17(2)14-21(26)22(29)25(31,35(32,33)34)24(27,15-18-8-4-3-5-9-18)23(30)28-13-12-19-10-6-7-11-20(19)16-28/h3-9,11,17,19,21,31H,10,12-16,26-27H2,1-2H3,(H,32,33,34)/t19?,21-,24?,25?/m0/s1. The number of likely N-dealkylation sites (tertiary alicyclic amines) is 1. The van der Waals surface area contributed by atoms with E-state index >= 15 is 0 Å². The van der Waals surface area contributed by atoms with Crippen molar-refractivity contribution < 1.29 is 27.7 Å². The molecule has 0 aromatic heterocycles. The molecule has 0 saturated carbocycles. The van der Waals surface area contributed by atoms with E-state index in [9.17, 15) is 27.7 Å². The highest BCUT2D eigenvalue weighted by Gasteiger charge is 2.67. The maximum atomic E-state index is 14.0. The van der Waals surface area contributed by atoms with Gasteiger partial charge in [0, 0.05) is 19.5 Å². The molecule has 1 heterocycles. The van der Waals surface area contributed by atoms with E-state index in [4.69, 9.17) is 11.5 Å². The second-order valence-corrected chi connectivity index (χ2v) is 11.5. The van der Waals surface area contributed by atoms with Gasteiger partial charge in [-0.05, 0) is 42.2 Å². The summed E-state index contributed by atoms with van der Waals surface area (Å²) in [5.74, 6) is -2.22. The maximum absolute atomic E-state index is 14.0. The van der Waals surface area contributed by atoms with Gasteiger partial charge < -0.3 is 21.5 Å². The lowest BCUT2D eigenvalue weighted by Crippen LogP contribution is -2.77. The Morgan fingerprint density at radius 3 is 2.49 bits per heavy atom. The normalized spacial score (nSPS) is 22.5. The summed E-state index contributed by atoms with van der Waals surface area (Å²) in [6, 6.07) is 6.76. The fourth-order valence-electron chi connectivity index (χ4n) is 4.98. The Kier molecular flexibility index (Phi) is 8.02. The zero-order valence-electron chi connectivity index (χ0n) is 20.1. The number of hydrogen-bond acceptors (Lipinski definition) is 7. The van der Waals surface area contributed by atoms with Gasteiger partial charge in [-0.15, -0.1) is 0 Å². The Labute approximate surface area is 206 Å². The number of rotatable bonds is 9. The summed E-state index contributed by atoms with van der Waals surface area (Å²) >= 11 is 0. The number of benzene rings is 1. The molecule has 9 nitrogen and oxygen atoms in total. The van der Waals surface area contributed by atoms with Crippen LogP contribution in [0.1, 0.15) is 38.7 Å². The molecule has 0 spiro atoms. The fraction of sp³-hybridized carbons (Fsp3) is 0.520. The molecule has 4 atom stereocenters. The molecule has 3 unspecified atom stereocenters. The zero-order valence-corrected chi connectivity index (χ0v) is 20.9. The number of ketones is 1. The van der Waals surface area contributed by atoms with Crippen molar-refractivity contribution in [2.75, 3.05) is 13.1 Å². The van der Waals surface area contributed by atoms with E-state index in [-0.39, 0.29) is 31.3 Å². The predicted molar refractivity (Wildman–Crippen MR) is 133 cm³/mol. The first-order valence-corrected chi connectivity index (χ1v) is 13.2. The van der Waals surface area contributed by atoms with E-state index in [1.807, 2.05) is 18.2 Å². The van der Waals surface area contributed by atoms with Crippen LogP contribution >= 0.6 is 0 Å². The number of Topliss-reactive ketones (excluding diaryl/α,β-unsaturated/α-hetero) is 1. The Bertz CT molecular complexity index is 1120. The summed E-state index contributed by atoms with van der Waals surface area (Å²) in [6.07, 6.45) is 6.81. The minimum Gasteiger partial charge on any atom is -0.365 e. The monoisotopic (exact) mass is 505 g/mol. The zero-order chi connectivity index (χ0) is 26.0. The van der Waals surface area contributed by atoms with Gasteiger partial charge in [-0.3, -0.25) is 14.1 Å². The van der Waals surface area contributed by atoms with Crippen LogP contribution in [0.15, 0.2) is 54.1 Å². The molecule has 6 N–H and O–H groups in total. The number of piperidine rings is 1. The van der Waals surface area contributed by atoms with Gasteiger partial charge in [-0.1, -0.05) is 62.4 Å². The average molecular weight is 506 g/mol. The second-order valence-electron chi connectivity index (χ2n) is 9.97. The van der Waals surface area contributed by atoms with Crippen LogP contribution in [0.3, 0.4) is 0 Å². The van der Waals surface area contributed by atoms with Gasteiger partial charge in [-0.2, -0.15) is 8.42 Å². The number of fused-ring (bicyclic) bond motifs is 1. The number of allylic oxidation sites excluding steroid dienone is 3. The molecule has 192 valence electrons. The van der Waals surface area contributed by atoms with E-state index in [1.54, 1.807) is 44.2 Å². The van der Waals surface area contributed by atoms with E-state index in [0.29, 0.717) is 12.0 Å². The van der Waals surface area contributed by atoms with Gasteiger partial charge in [0.15, 0.2) is 5.54 Å². The molecule has 1 aliphatic heterocycles. The molecular formula is C25H35N3O6S. The highest BCUT2D eigenvalue weighted by molar-refractivity contribution is 7.88. The van der Waals surface area contributed by atoms with E-state index in [0.717, 1.165) is 12.0 Å². The largest absolute Gasteiger partial charge is 0.365 e. The van der Waals surface area contributed by atoms with Crippen molar-refractivity contribution in [3.05, 3.63) is 59.7 Å². The van der Waals surface area contributed by atoms with E-state index in [2.05, 4.69) is 0 Å². The van der Waals surface area contributed by atoms with Crippen molar-refractivity contribution >= 4 is 21.8 Å². The quantitative estimate of drug-likeness (QED) is 0.363. The van der Waals surface area contributed by atoms with Gasteiger partial charge in [0.05, 0.1) is 6.04 Å². The van der Waals surface area contributed by atoms with Gasteiger partial charge in [0.2, 0.25) is 11.7 Å². The molecule has 1 saturated heterocycles. The van der Waals surface area contributed by atoms with Crippen LogP contribution in [0.4, 0.5) is 0 Å². The number of aliphatic hydroxyl groups is 1. The van der Waals surface area contributed by atoms with E-state index in [1.165, 1.54) is 4.90 Å². The third-order valence-corrected chi connectivity index (χ3v) is 8.19. The van der Waals surface area contributed by atoms with Gasteiger partial charge >= 0.3 is 10.1 Å². The number of amides is 1.